The highest BCUT2D eigenvalue weighted by Gasteiger charge is 2.14. The minimum absolute atomic E-state index is 0.00352. The molecule has 6 heteroatoms. The number of benzene rings is 3. The van der Waals surface area contributed by atoms with Crippen molar-refractivity contribution in [3.8, 4) is 11.5 Å². The van der Waals surface area contributed by atoms with Gasteiger partial charge in [0.05, 0.1) is 0 Å². The molecule has 3 aromatic rings. The van der Waals surface area contributed by atoms with Crippen LogP contribution in [0.25, 0.3) is 0 Å². The number of para-hydroxylation sites is 2. The lowest BCUT2D eigenvalue weighted by molar-refractivity contribution is 0.194. The molecule has 2 amide bonds. The van der Waals surface area contributed by atoms with Crippen LogP contribution in [0.1, 0.15) is 37.7 Å². The van der Waals surface area contributed by atoms with Crippen LogP contribution in [0.2, 0.25) is 0 Å². The average molecular weight is 461 g/mol. The van der Waals surface area contributed by atoms with Crippen molar-refractivity contribution in [2.75, 3.05) is 6.54 Å². The van der Waals surface area contributed by atoms with Crippen molar-refractivity contribution in [3.63, 3.8) is 0 Å². The third-order valence-electron chi connectivity index (χ3n) is 5.34. The number of amides is 2. The van der Waals surface area contributed by atoms with Gasteiger partial charge in [0.15, 0.2) is 0 Å². The standard InChI is InChI=1S/C28H32N2O4/c31-27(33-25-18-6-2-7-19-25)29-22-11-10-16-24(17-12-15-23-13-4-1-5-14-23)30-28(32)34-26-20-8-3-9-21-26/h1-9,13-14,18-21,24H,10-12,15-17,22H2,(H,29,31)(H,30,32). The van der Waals surface area contributed by atoms with Gasteiger partial charge in [-0.25, -0.2) is 9.59 Å². The van der Waals surface area contributed by atoms with E-state index in [0.717, 1.165) is 38.5 Å². The molecule has 6 nitrogen and oxygen atoms in total. The maximum Gasteiger partial charge on any atom is 0.412 e. The quantitative estimate of drug-likeness (QED) is 0.319. The first kappa shape index (κ1) is 24.8. The van der Waals surface area contributed by atoms with E-state index in [1.165, 1.54) is 5.56 Å². The molecule has 2 N–H and O–H groups in total. The molecule has 178 valence electrons. The Balaban J connectivity index is 1.40. The molecule has 0 spiro atoms. The lowest BCUT2D eigenvalue weighted by Crippen LogP contribution is -2.37. The molecule has 0 aliphatic heterocycles. The normalized spacial score (nSPS) is 11.3. The van der Waals surface area contributed by atoms with Gasteiger partial charge in [-0.15, -0.1) is 0 Å². The van der Waals surface area contributed by atoms with Gasteiger partial charge < -0.3 is 20.1 Å². The van der Waals surface area contributed by atoms with Crippen molar-refractivity contribution in [1.82, 2.24) is 10.6 Å². The Morgan fingerprint density at radius 1 is 0.647 bits per heavy atom. The summed E-state index contributed by atoms with van der Waals surface area (Å²) in [6, 6.07) is 28.3. The van der Waals surface area contributed by atoms with Crippen LogP contribution in [0.15, 0.2) is 91.0 Å². The van der Waals surface area contributed by atoms with Gasteiger partial charge in [-0.3, -0.25) is 0 Å². The van der Waals surface area contributed by atoms with Crippen molar-refractivity contribution in [1.29, 1.82) is 0 Å². The van der Waals surface area contributed by atoms with Crippen LogP contribution in [0, 0.1) is 0 Å². The summed E-state index contributed by atoms with van der Waals surface area (Å²) in [4.78, 5) is 24.3. The fraction of sp³-hybridized carbons (Fsp3) is 0.286. The van der Waals surface area contributed by atoms with E-state index in [2.05, 4.69) is 22.8 Å². The Bertz CT molecular complexity index is 981. The summed E-state index contributed by atoms with van der Waals surface area (Å²) in [6.45, 7) is 0.511. The van der Waals surface area contributed by atoms with E-state index in [9.17, 15) is 9.59 Å². The van der Waals surface area contributed by atoms with E-state index in [4.69, 9.17) is 9.47 Å². The first-order valence-corrected chi connectivity index (χ1v) is 11.8. The zero-order chi connectivity index (χ0) is 23.8. The molecule has 0 heterocycles. The molecule has 0 radical (unpaired) electrons. The second-order valence-corrected chi connectivity index (χ2v) is 8.05. The third kappa shape index (κ3) is 9.77. The molecule has 0 aliphatic carbocycles. The Kier molecular flexibility index (Phi) is 10.5. The van der Waals surface area contributed by atoms with Crippen molar-refractivity contribution in [2.45, 2.75) is 44.6 Å². The largest absolute Gasteiger partial charge is 0.412 e. The van der Waals surface area contributed by atoms with Gasteiger partial charge in [0.2, 0.25) is 0 Å². The third-order valence-corrected chi connectivity index (χ3v) is 5.34. The Hall–Kier alpha value is -3.80. The average Bonchev–Trinajstić information content (AvgIpc) is 2.85. The van der Waals surface area contributed by atoms with Gasteiger partial charge in [-0.2, -0.15) is 0 Å². The van der Waals surface area contributed by atoms with Crippen LogP contribution < -0.4 is 20.1 Å². The first-order valence-electron chi connectivity index (χ1n) is 11.8. The fourth-order valence-electron chi connectivity index (χ4n) is 3.62. The maximum absolute atomic E-state index is 12.4. The van der Waals surface area contributed by atoms with E-state index >= 15 is 0 Å². The zero-order valence-electron chi connectivity index (χ0n) is 19.3. The SMILES string of the molecule is O=C(NCCCCC(CCCc1ccccc1)NC(=O)Oc1ccccc1)Oc1ccccc1. The van der Waals surface area contributed by atoms with Crippen LogP contribution in [0.5, 0.6) is 11.5 Å². The highest BCUT2D eigenvalue weighted by molar-refractivity contribution is 5.71. The number of hydrogen-bond acceptors (Lipinski definition) is 4. The van der Waals surface area contributed by atoms with Crippen LogP contribution in [-0.2, 0) is 6.42 Å². The number of ether oxygens (including phenoxy) is 2. The minimum atomic E-state index is -0.463. The van der Waals surface area contributed by atoms with E-state index < -0.39 is 12.2 Å². The molecule has 0 aromatic heterocycles. The lowest BCUT2D eigenvalue weighted by Gasteiger charge is -2.19. The number of aryl methyl sites for hydroxylation is 1. The Morgan fingerprint density at radius 2 is 1.18 bits per heavy atom. The number of nitrogens with one attached hydrogen (secondary N) is 2. The van der Waals surface area contributed by atoms with Gasteiger partial charge in [0.25, 0.3) is 0 Å². The summed E-state index contributed by atoms with van der Waals surface area (Å²) < 4.78 is 10.6. The molecule has 0 saturated heterocycles. The van der Waals surface area contributed by atoms with Gasteiger partial charge in [-0.05, 0) is 68.4 Å². The Labute approximate surface area is 201 Å². The summed E-state index contributed by atoms with van der Waals surface area (Å²) in [5, 5.41) is 5.78. The second-order valence-electron chi connectivity index (χ2n) is 8.05. The summed E-state index contributed by atoms with van der Waals surface area (Å²) in [5.74, 6) is 1.03. The van der Waals surface area contributed by atoms with E-state index in [0.29, 0.717) is 18.0 Å². The lowest BCUT2D eigenvalue weighted by atomic mass is 10.0. The molecular formula is C28H32N2O4. The zero-order valence-corrected chi connectivity index (χ0v) is 19.3. The van der Waals surface area contributed by atoms with E-state index in [1.807, 2.05) is 54.6 Å². The molecular weight excluding hydrogens is 428 g/mol. The van der Waals surface area contributed by atoms with Crippen molar-refractivity contribution in [3.05, 3.63) is 96.6 Å². The number of carbonyl (C=O) groups is 2. The molecule has 1 unspecified atom stereocenters. The highest BCUT2D eigenvalue weighted by Crippen LogP contribution is 2.13. The molecule has 0 saturated carbocycles. The maximum atomic E-state index is 12.4. The minimum Gasteiger partial charge on any atom is -0.410 e. The highest BCUT2D eigenvalue weighted by atomic mass is 16.6. The predicted octanol–water partition coefficient (Wildman–Crippen LogP) is 6.13. The molecule has 1 atom stereocenters. The number of rotatable bonds is 12. The Morgan fingerprint density at radius 3 is 1.79 bits per heavy atom. The monoisotopic (exact) mass is 460 g/mol. The van der Waals surface area contributed by atoms with Crippen LogP contribution >= 0.6 is 0 Å². The van der Waals surface area contributed by atoms with Gasteiger partial charge >= 0.3 is 12.2 Å². The predicted molar refractivity (Wildman–Crippen MR) is 133 cm³/mol. The van der Waals surface area contributed by atoms with Crippen LogP contribution in [-0.4, -0.2) is 24.8 Å². The summed E-state index contributed by atoms with van der Waals surface area (Å²) in [7, 11) is 0. The molecule has 3 aromatic carbocycles. The fourth-order valence-corrected chi connectivity index (χ4v) is 3.62. The number of hydrogen-bond donors (Lipinski definition) is 2. The molecule has 34 heavy (non-hydrogen) atoms. The smallest absolute Gasteiger partial charge is 0.410 e. The summed E-state index contributed by atoms with van der Waals surface area (Å²) >= 11 is 0. The number of unbranched alkanes of at least 4 members (excludes halogenated alkanes) is 1. The number of carbonyl (C=O) groups excluding carboxylic acids is 2. The second kappa shape index (κ2) is 14.4. The van der Waals surface area contributed by atoms with Crippen molar-refractivity contribution < 1.29 is 19.1 Å². The molecule has 0 bridgehead atoms. The van der Waals surface area contributed by atoms with Crippen molar-refractivity contribution >= 4 is 12.2 Å². The molecule has 0 fully saturated rings. The molecule has 3 rings (SSSR count). The van der Waals surface area contributed by atoms with Gasteiger partial charge in [0, 0.05) is 12.6 Å². The van der Waals surface area contributed by atoms with Crippen molar-refractivity contribution in [2.24, 2.45) is 0 Å². The summed E-state index contributed by atoms with van der Waals surface area (Å²) in [6.07, 6.45) is 4.30. The topological polar surface area (TPSA) is 76.7 Å². The van der Waals surface area contributed by atoms with Crippen LogP contribution in [0.4, 0.5) is 9.59 Å². The van der Waals surface area contributed by atoms with Gasteiger partial charge in [0.1, 0.15) is 11.5 Å². The first-order chi connectivity index (χ1) is 16.7. The summed E-state index contributed by atoms with van der Waals surface area (Å²) in [5.41, 5.74) is 1.29. The molecule has 0 aliphatic rings. The van der Waals surface area contributed by atoms with E-state index in [-0.39, 0.29) is 6.04 Å². The van der Waals surface area contributed by atoms with E-state index in [1.54, 1.807) is 24.3 Å². The van der Waals surface area contributed by atoms with Gasteiger partial charge in [-0.1, -0.05) is 66.7 Å². The van der Waals surface area contributed by atoms with Crippen LogP contribution in [0.3, 0.4) is 0 Å².